The Kier molecular flexibility index (Phi) is 7.24. The van der Waals surface area contributed by atoms with Crippen molar-refractivity contribution >= 4 is 21.6 Å². The van der Waals surface area contributed by atoms with Crippen LogP contribution in [0.4, 0.5) is 5.69 Å². The number of hydrogen-bond donors (Lipinski definition) is 0. The predicted octanol–water partition coefficient (Wildman–Crippen LogP) is 6.73. The van der Waals surface area contributed by atoms with Crippen molar-refractivity contribution in [3.63, 3.8) is 0 Å². The number of anilines is 1. The van der Waals surface area contributed by atoms with Gasteiger partial charge in [-0.3, -0.25) is 4.79 Å². The molecule has 0 aliphatic heterocycles. The van der Waals surface area contributed by atoms with Crippen molar-refractivity contribution in [3.8, 4) is 11.1 Å². The van der Waals surface area contributed by atoms with Crippen molar-refractivity contribution in [1.82, 2.24) is 0 Å². The number of carbonyl (C=O) groups is 1. The Hall–Kier alpha value is -3.70. The van der Waals surface area contributed by atoms with E-state index in [4.69, 9.17) is 0 Å². The number of carbonyl (C=O) groups excluding carboxylic acids is 1. The van der Waals surface area contributed by atoms with Gasteiger partial charge in [0.05, 0.1) is 10.6 Å². The number of nitrogens with zero attached hydrogens (tertiary/aromatic N) is 1. The fraction of sp³-hybridized carbons (Fsp3) is 0.138. The molecule has 5 heteroatoms. The summed E-state index contributed by atoms with van der Waals surface area (Å²) in [7, 11) is -4.11. The molecule has 0 saturated carbocycles. The van der Waals surface area contributed by atoms with E-state index in [1.54, 1.807) is 42.5 Å². The molecule has 0 N–H and O–H groups in total. The average molecular weight is 470 g/mol. The fourth-order valence-electron chi connectivity index (χ4n) is 3.80. The zero-order valence-corrected chi connectivity index (χ0v) is 19.9. The maximum absolute atomic E-state index is 13.6. The summed E-state index contributed by atoms with van der Waals surface area (Å²) in [4.78, 5) is 13.7. The van der Waals surface area contributed by atoms with Crippen LogP contribution >= 0.6 is 0 Å². The second-order valence-corrected chi connectivity index (χ2v) is 9.89. The maximum atomic E-state index is 13.6. The SMILES string of the molecule is CCCCc1ccc(N(C(=O)c2ccc(-c3ccccc3)cc2)S(=O)(=O)c2ccccc2)cc1. The largest absolute Gasteiger partial charge is 0.272 e. The van der Waals surface area contributed by atoms with Gasteiger partial charge in [-0.15, -0.1) is 0 Å². The van der Waals surface area contributed by atoms with Gasteiger partial charge in [0.1, 0.15) is 0 Å². The van der Waals surface area contributed by atoms with Gasteiger partial charge in [0.25, 0.3) is 15.9 Å². The van der Waals surface area contributed by atoms with E-state index < -0.39 is 15.9 Å². The molecule has 4 rings (SSSR count). The summed E-state index contributed by atoms with van der Waals surface area (Å²) < 4.78 is 28.1. The van der Waals surface area contributed by atoms with Crippen molar-refractivity contribution in [2.45, 2.75) is 31.1 Å². The summed E-state index contributed by atoms with van der Waals surface area (Å²) in [6.07, 6.45) is 3.04. The molecule has 1 amide bonds. The number of hydrogen-bond acceptors (Lipinski definition) is 3. The molecule has 0 unspecified atom stereocenters. The van der Waals surface area contributed by atoms with Gasteiger partial charge >= 0.3 is 0 Å². The lowest BCUT2D eigenvalue weighted by molar-refractivity contribution is 0.101. The summed E-state index contributed by atoms with van der Waals surface area (Å²) in [6, 6.07) is 32.1. The quantitative estimate of drug-likeness (QED) is 0.287. The predicted molar refractivity (Wildman–Crippen MR) is 137 cm³/mol. The lowest BCUT2D eigenvalue weighted by atomic mass is 10.0. The second kappa shape index (κ2) is 10.5. The van der Waals surface area contributed by atoms with Crippen LogP contribution in [0.1, 0.15) is 35.7 Å². The third-order valence-electron chi connectivity index (χ3n) is 5.69. The van der Waals surface area contributed by atoms with Crippen molar-refractivity contribution in [2.75, 3.05) is 4.31 Å². The zero-order valence-electron chi connectivity index (χ0n) is 19.1. The first-order valence-electron chi connectivity index (χ1n) is 11.4. The van der Waals surface area contributed by atoms with Crippen LogP contribution in [0.5, 0.6) is 0 Å². The highest BCUT2D eigenvalue weighted by Gasteiger charge is 2.31. The molecule has 0 atom stereocenters. The Morgan fingerprint density at radius 1 is 0.706 bits per heavy atom. The van der Waals surface area contributed by atoms with E-state index >= 15 is 0 Å². The van der Waals surface area contributed by atoms with Crippen LogP contribution in [-0.2, 0) is 16.4 Å². The third kappa shape index (κ3) is 5.10. The minimum absolute atomic E-state index is 0.0688. The van der Waals surface area contributed by atoms with Gasteiger partial charge in [-0.25, -0.2) is 8.42 Å². The van der Waals surface area contributed by atoms with Crippen molar-refractivity contribution in [2.24, 2.45) is 0 Å². The Balaban J connectivity index is 1.72. The molecule has 0 fully saturated rings. The monoisotopic (exact) mass is 469 g/mol. The highest BCUT2D eigenvalue weighted by atomic mass is 32.2. The summed E-state index contributed by atoms with van der Waals surface area (Å²) in [5.41, 5.74) is 3.71. The van der Waals surface area contributed by atoms with Crippen LogP contribution < -0.4 is 4.31 Å². The molecule has 4 nitrogen and oxygen atoms in total. The first-order chi connectivity index (χ1) is 16.5. The molecular weight excluding hydrogens is 442 g/mol. The molecule has 4 aromatic rings. The fourth-order valence-corrected chi connectivity index (χ4v) is 5.23. The smallest absolute Gasteiger partial charge is 0.268 e. The van der Waals surface area contributed by atoms with E-state index in [0.29, 0.717) is 11.3 Å². The normalized spacial score (nSPS) is 11.2. The van der Waals surface area contributed by atoms with Gasteiger partial charge in [0, 0.05) is 5.56 Å². The van der Waals surface area contributed by atoms with E-state index in [9.17, 15) is 13.2 Å². The minimum atomic E-state index is -4.11. The second-order valence-electron chi connectivity index (χ2n) is 8.10. The standard InChI is InChI=1S/C29H27NO3S/c1-2-3-10-23-15-21-27(22-16-23)30(34(32,33)28-13-8-5-9-14-28)29(31)26-19-17-25(18-20-26)24-11-6-4-7-12-24/h4-9,11-22H,2-3,10H2,1H3. The van der Waals surface area contributed by atoms with Gasteiger partial charge in [-0.2, -0.15) is 4.31 Å². The Morgan fingerprint density at radius 2 is 1.26 bits per heavy atom. The topological polar surface area (TPSA) is 54.5 Å². The first-order valence-corrected chi connectivity index (χ1v) is 12.8. The van der Waals surface area contributed by atoms with E-state index in [0.717, 1.165) is 40.3 Å². The first kappa shape index (κ1) is 23.5. The summed E-state index contributed by atoms with van der Waals surface area (Å²) in [6.45, 7) is 2.13. The van der Waals surface area contributed by atoms with E-state index in [1.165, 1.54) is 12.1 Å². The lowest BCUT2D eigenvalue weighted by Crippen LogP contribution is -2.37. The van der Waals surface area contributed by atoms with E-state index in [1.807, 2.05) is 54.6 Å². The lowest BCUT2D eigenvalue weighted by Gasteiger charge is -2.23. The number of aryl methyl sites for hydroxylation is 1. The van der Waals surface area contributed by atoms with Crippen molar-refractivity contribution in [3.05, 3.63) is 120 Å². The van der Waals surface area contributed by atoms with Gasteiger partial charge < -0.3 is 0 Å². The molecule has 0 radical (unpaired) electrons. The molecule has 0 spiro atoms. The van der Waals surface area contributed by atoms with Crippen LogP contribution in [-0.4, -0.2) is 14.3 Å². The number of unbranched alkanes of at least 4 members (excludes halogenated alkanes) is 1. The molecule has 0 saturated heterocycles. The number of sulfonamides is 1. The number of rotatable bonds is 8. The highest BCUT2D eigenvalue weighted by Crippen LogP contribution is 2.28. The summed E-state index contributed by atoms with van der Waals surface area (Å²) >= 11 is 0. The van der Waals surface area contributed by atoms with E-state index in [2.05, 4.69) is 6.92 Å². The van der Waals surface area contributed by atoms with Crippen molar-refractivity contribution in [1.29, 1.82) is 0 Å². The van der Waals surface area contributed by atoms with Crippen LogP contribution in [0.15, 0.2) is 114 Å². The van der Waals surface area contributed by atoms with Crippen LogP contribution in [0, 0.1) is 0 Å². The maximum Gasteiger partial charge on any atom is 0.272 e. The Bertz CT molecular complexity index is 1330. The molecule has 0 aliphatic carbocycles. The molecule has 4 aromatic carbocycles. The molecule has 0 aromatic heterocycles. The van der Waals surface area contributed by atoms with Crippen LogP contribution in [0.3, 0.4) is 0 Å². The minimum Gasteiger partial charge on any atom is -0.268 e. The molecule has 0 aliphatic rings. The van der Waals surface area contributed by atoms with Gasteiger partial charge in [0.2, 0.25) is 0 Å². The molecular formula is C29H27NO3S. The summed E-state index contributed by atoms with van der Waals surface area (Å²) in [5.74, 6) is -0.593. The van der Waals surface area contributed by atoms with Crippen LogP contribution in [0.25, 0.3) is 11.1 Å². The number of benzene rings is 4. The molecule has 172 valence electrons. The van der Waals surface area contributed by atoms with Gasteiger partial charge in [-0.1, -0.05) is 86.1 Å². The molecule has 34 heavy (non-hydrogen) atoms. The zero-order chi connectivity index (χ0) is 24.0. The Labute approximate surface area is 201 Å². The highest BCUT2D eigenvalue weighted by molar-refractivity contribution is 7.93. The number of amides is 1. The average Bonchev–Trinajstić information content (AvgIpc) is 2.89. The van der Waals surface area contributed by atoms with Gasteiger partial charge in [-0.05, 0) is 65.9 Å². The molecule has 0 heterocycles. The third-order valence-corrected chi connectivity index (χ3v) is 7.42. The van der Waals surface area contributed by atoms with Crippen molar-refractivity contribution < 1.29 is 13.2 Å². The van der Waals surface area contributed by atoms with Crippen LogP contribution in [0.2, 0.25) is 0 Å². The molecule has 0 bridgehead atoms. The Morgan fingerprint density at radius 3 is 1.85 bits per heavy atom. The van der Waals surface area contributed by atoms with Gasteiger partial charge in [0.15, 0.2) is 0 Å². The van der Waals surface area contributed by atoms with E-state index in [-0.39, 0.29) is 4.90 Å². The summed E-state index contributed by atoms with van der Waals surface area (Å²) in [5, 5.41) is 0.